The number of hydrogen-bond donors (Lipinski definition) is 1. The molecule has 0 saturated heterocycles. The van der Waals surface area contributed by atoms with Crippen molar-refractivity contribution in [3.8, 4) is 11.5 Å². The van der Waals surface area contributed by atoms with Crippen LogP contribution in [0.2, 0.25) is 0 Å². The quantitative estimate of drug-likeness (QED) is 0.842. The predicted octanol–water partition coefficient (Wildman–Crippen LogP) is 2.71. The first-order valence-corrected chi connectivity index (χ1v) is 8.49. The lowest BCUT2D eigenvalue weighted by molar-refractivity contribution is 0.340. The van der Waals surface area contributed by atoms with Gasteiger partial charge in [0.1, 0.15) is 22.2 Å². The third-order valence-corrected chi connectivity index (χ3v) is 4.54. The highest BCUT2D eigenvalue weighted by Crippen LogP contribution is 2.24. The van der Waals surface area contributed by atoms with Gasteiger partial charge in [0.25, 0.3) is 0 Å². The molecule has 0 aliphatic rings. The second kappa shape index (κ2) is 7.43. The van der Waals surface area contributed by atoms with Gasteiger partial charge in [0.15, 0.2) is 0 Å². The SMILES string of the molecule is CCOc1ccc(CNS(=O)(=O)c2cc(F)ccc2OC)cc1. The molecule has 2 rings (SSSR count). The molecule has 124 valence electrons. The van der Waals surface area contributed by atoms with E-state index >= 15 is 0 Å². The number of ether oxygens (including phenoxy) is 2. The zero-order valence-corrected chi connectivity index (χ0v) is 13.7. The Morgan fingerprint density at radius 1 is 1.13 bits per heavy atom. The van der Waals surface area contributed by atoms with Crippen LogP contribution in [0.4, 0.5) is 4.39 Å². The van der Waals surface area contributed by atoms with Crippen LogP contribution in [0.15, 0.2) is 47.4 Å². The lowest BCUT2D eigenvalue weighted by Crippen LogP contribution is -2.23. The molecule has 2 aromatic carbocycles. The van der Waals surface area contributed by atoms with E-state index in [-0.39, 0.29) is 17.2 Å². The fraction of sp³-hybridized carbons (Fsp3) is 0.250. The van der Waals surface area contributed by atoms with Gasteiger partial charge in [-0.3, -0.25) is 0 Å². The summed E-state index contributed by atoms with van der Waals surface area (Å²) in [5, 5.41) is 0. The Labute approximate surface area is 135 Å². The Balaban J connectivity index is 2.14. The van der Waals surface area contributed by atoms with Crippen molar-refractivity contribution in [2.24, 2.45) is 0 Å². The normalized spacial score (nSPS) is 11.3. The summed E-state index contributed by atoms with van der Waals surface area (Å²) in [6.07, 6.45) is 0. The zero-order valence-electron chi connectivity index (χ0n) is 12.9. The molecule has 7 heteroatoms. The molecular formula is C16H18FNO4S. The molecule has 0 unspecified atom stereocenters. The topological polar surface area (TPSA) is 64.6 Å². The number of halogens is 1. The van der Waals surface area contributed by atoms with Crippen molar-refractivity contribution in [2.45, 2.75) is 18.4 Å². The summed E-state index contributed by atoms with van der Waals surface area (Å²) in [5.41, 5.74) is 0.757. The van der Waals surface area contributed by atoms with Crippen LogP contribution < -0.4 is 14.2 Å². The van der Waals surface area contributed by atoms with Crippen LogP contribution in [-0.2, 0) is 16.6 Å². The van der Waals surface area contributed by atoms with Gasteiger partial charge in [-0.15, -0.1) is 0 Å². The Morgan fingerprint density at radius 3 is 2.43 bits per heavy atom. The van der Waals surface area contributed by atoms with Crippen LogP contribution in [0.5, 0.6) is 11.5 Å². The Bertz CT molecular complexity index is 760. The first kappa shape index (κ1) is 17.2. The van der Waals surface area contributed by atoms with E-state index in [0.29, 0.717) is 12.4 Å². The molecule has 0 amide bonds. The summed E-state index contributed by atoms with van der Waals surface area (Å²) >= 11 is 0. The van der Waals surface area contributed by atoms with E-state index in [0.717, 1.165) is 17.7 Å². The monoisotopic (exact) mass is 339 g/mol. The predicted molar refractivity (Wildman–Crippen MR) is 84.6 cm³/mol. The van der Waals surface area contributed by atoms with Crippen LogP contribution in [0.1, 0.15) is 12.5 Å². The van der Waals surface area contributed by atoms with Crippen LogP contribution in [0, 0.1) is 5.82 Å². The summed E-state index contributed by atoms with van der Waals surface area (Å²) in [6.45, 7) is 2.52. The first-order chi connectivity index (χ1) is 11.0. The van der Waals surface area contributed by atoms with E-state index in [4.69, 9.17) is 9.47 Å². The number of rotatable bonds is 7. The first-order valence-electron chi connectivity index (χ1n) is 7.01. The third-order valence-electron chi connectivity index (χ3n) is 3.12. The van der Waals surface area contributed by atoms with Crippen LogP contribution in [-0.4, -0.2) is 22.1 Å². The van der Waals surface area contributed by atoms with Crippen LogP contribution >= 0.6 is 0 Å². The van der Waals surface area contributed by atoms with E-state index in [1.165, 1.54) is 13.2 Å². The minimum absolute atomic E-state index is 0.0778. The van der Waals surface area contributed by atoms with Crippen molar-refractivity contribution in [3.05, 3.63) is 53.8 Å². The van der Waals surface area contributed by atoms with Crippen molar-refractivity contribution >= 4 is 10.0 Å². The molecule has 0 bridgehead atoms. The lowest BCUT2D eigenvalue weighted by Gasteiger charge is -2.11. The molecule has 0 atom stereocenters. The average Bonchev–Trinajstić information content (AvgIpc) is 2.54. The summed E-state index contributed by atoms with van der Waals surface area (Å²) in [7, 11) is -2.56. The van der Waals surface area contributed by atoms with Gasteiger partial charge in [0, 0.05) is 6.54 Å². The molecule has 0 fully saturated rings. The fourth-order valence-corrected chi connectivity index (χ4v) is 3.18. The molecule has 0 heterocycles. The summed E-state index contributed by atoms with van der Waals surface area (Å²) in [6, 6.07) is 10.4. The van der Waals surface area contributed by atoms with Crippen molar-refractivity contribution < 1.29 is 22.3 Å². The van der Waals surface area contributed by atoms with Crippen LogP contribution in [0.25, 0.3) is 0 Å². The van der Waals surface area contributed by atoms with Crippen molar-refractivity contribution in [1.29, 1.82) is 0 Å². The Hall–Kier alpha value is -2.12. The number of hydrogen-bond acceptors (Lipinski definition) is 4. The molecule has 0 aliphatic heterocycles. The smallest absolute Gasteiger partial charge is 0.244 e. The molecule has 2 aromatic rings. The Morgan fingerprint density at radius 2 is 1.83 bits per heavy atom. The van der Waals surface area contributed by atoms with E-state index < -0.39 is 15.8 Å². The van der Waals surface area contributed by atoms with Crippen molar-refractivity contribution in [1.82, 2.24) is 4.72 Å². The highest BCUT2D eigenvalue weighted by atomic mass is 32.2. The number of sulfonamides is 1. The highest BCUT2D eigenvalue weighted by molar-refractivity contribution is 7.89. The van der Waals surface area contributed by atoms with Crippen LogP contribution in [0.3, 0.4) is 0 Å². The maximum atomic E-state index is 13.3. The molecular weight excluding hydrogens is 321 g/mol. The summed E-state index contributed by atoms with van der Waals surface area (Å²) in [5.74, 6) is 0.156. The van der Waals surface area contributed by atoms with Gasteiger partial charge in [0.05, 0.1) is 13.7 Å². The average molecular weight is 339 g/mol. The van der Waals surface area contributed by atoms with Crippen molar-refractivity contribution in [2.75, 3.05) is 13.7 Å². The lowest BCUT2D eigenvalue weighted by atomic mass is 10.2. The van der Waals surface area contributed by atoms with Gasteiger partial charge in [-0.25, -0.2) is 17.5 Å². The fourth-order valence-electron chi connectivity index (χ4n) is 1.99. The molecule has 0 saturated carbocycles. The standard InChI is InChI=1S/C16H18FNO4S/c1-3-22-14-7-4-12(5-8-14)11-18-23(19,20)16-10-13(17)6-9-15(16)21-2/h4-10,18H,3,11H2,1-2H3. The molecule has 0 aliphatic carbocycles. The molecule has 0 radical (unpaired) electrons. The number of methoxy groups -OCH3 is 1. The second-order valence-electron chi connectivity index (χ2n) is 4.70. The summed E-state index contributed by atoms with van der Waals surface area (Å²) < 4.78 is 50.7. The van der Waals surface area contributed by atoms with E-state index in [1.807, 2.05) is 6.92 Å². The molecule has 0 spiro atoms. The molecule has 1 N–H and O–H groups in total. The van der Waals surface area contributed by atoms with E-state index in [1.54, 1.807) is 24.3 Å². The summed E-state index contributed by atoms with van der Waals surface area (Å²) in [4.78, 5) is -0.231. The molecule has 23 heavy (non-hydrogen) atoms. The van der Waals surface area contributed by atoms with Gasteiger partial charge >= 0.3 is 0 Å². The van der Waals surface area contributed by atoms with E-state index in [9.17, 15) is 12.8 Å². The largest absolute Gasteiger partial charge is 0.495 e. The number of nitrogens with one attached hydrogen (secondary N) is 1. The van der Waals surface area contributed by atoms with Gasteiger partial charge in [-0.2, -0.15) is 0 Å². The number of benzene rings is 2. The minimum atomic E-state index is -3.89. The minimum Gasteiger partial charge on any atom is -0.495 e. The van der Waals surface area contributed by atoms with Gasteiger partial charge < -0.3 is 9.47 Å². The second-order valence-corrected chi connectivity index (χ2v) is 6.43. The van der Waals surface area contributed by atoms with Gasteiger partial charge in [-0.1, -0.05) is 12.1 Å². The molecule has 5 nitrogen and oxygen atoms in total. The maximum Gasteiger partial charge on any atom is 0.244 e. The molecule has 0 aromatic heterocycles. The third kappa shape index (κ3) is 4.43. The Kier molecular flexibility index (Phi) is 5.57. The maximum absolute atomic E-state index is 13.3. The zero-order chi connectivity index (χ0) is 16.9. The van der Waals surface area contributed by atoms with Crippen molar-refractivity contribution in [3.63, 3.8) is 0 Å². The van der Waals surface area contributed by atoms with E-state index in [2.05, 4.69) is 4.72 Å². The van der Waals surface area contributed by atoms with Gasteiger partial charge in [-0.05, 0) is 42.8 Å². The van der Waals surface area contributed by atoms with Gasteiger partial charge in [0.2, 0.25) is 10.0 Å². The highest BCUT2D eigenvalue weighted by Gasteiger charge is 2.20.